The third-order valence-electron chi connectivity index (χ3n) is 14.7. The summed E-state index contributed by atoms with van der Waals surface area (Å²) in [5, 5.41) is 23.3. The zero-order valence-electron chi connectivity index (χ0n) is 24.8. The summed E-state index contributed by atoms with van der Waals surface area (Å²) in [4.78, 5) is 14.3. The number of hydrogen-bond donors (Lipinski definition) is 2. The second-order valence-corrected chi connectivity index (χ2v) is 16.6. The van der Waals surface area contributed by atoms with Crippen LogP contribution in [0.1, 0.15) is 99.8 Å². The van der Waals surface area contributed by atoms with Crippen LogP contribution in [0.15, 0.2) is 0 Å². The Balaban J connectivity index is 1.20. The van der Waals surface area contributed by atoms with E-state index in [0.717, 1.165) is 25.7 Å². The molecular weight excluding hydrogens is 478 g/mol. The Labute approximate surface area is 229 Å². The fourth-order valence-corrected chi connectivity index (χ4v) is 12.7. The predicted octanol–water partition coefficient (Wildman–Crippen LogP) is 5.39. The SMILES string of the molecule is C[C@@H]1CC(CN2C(=O)OCC2(C)C)OC2[C@H]1[C@@]1(C)CC[C@@]34C[C@@]35CCC(O)C(C)(C)[C@@H]5CCC4[C@]1(C)[C@H]2O. The first-order valence-corrected chi connectivity index (χ1v) is 15.6. The average Bonchev–Trinajstić information content (AvgIpc) is 3.40. The van der Waals surface area contributed by atoms with Gasteiger partial charge >= 0.3 is 6.09 Å². The van der Waals surface area contributed by atoms with E-state index < -0.39 is 6.10 Å². The van der Waals surface area contributed by atoms with Crippen molar-refractivity contribution in [1.82, 2.24) is 4.90 Å². The van der Waals surface area contributed by atoms with Gasteiger partial charge in [-0.15, -0.1) is 0 Å². The van der Waals surface area contributed by atoms with Crippen molar-refractivity contribution in [2.45, 2.75) is 130 Å². The Hall–Kier alpha value is -0.850. The lowest BCUT2D eigenvalue weighted by atomic mass is 9.41. The summed E-state index contributed by atoms with van der Waals surface area (Å²) < 4.78 is 12.2. The molecule has 2 N–H and O–H groups in total. The molecule has 214 valence electrons. The molecule has 0 aromatic heterocycles. The van der Waals surface area contributed by atoms with Crippen LogP contribution in [-0.4, -0.2) is 64.3 Å². The van der Waals surface area contributed by atoms with Crippen LogP contribution in [0.2, 0.25) is 0 Å². The summed E-state index contributed by atoms with van der Waals surface area (Å²) in [5.74, 6) is 1.88. The number of rotatable bonds is 2. The number of carbonyl (C=O) groups excluding carboxylic acids is 1. The van der Waals surface area contributed by atoms with Crippen molar-refractivity contribution in [3.8, 4) is 0 Å². The highest BCUT2D eigenvalue weighted by atomic mass is 16.6. The summed E-state index contributed by atoms with van der Waals surface area (Å²) in [7, 11) is 0. The standard InChI is InChI=1S/C32H51NO5/c1-18-14-19(15-33-26(36)37-17-27(33,2)3)38-24-23(18)29(6)12-13-32-16-31(32)11-10-22(34)28(4,5)20(31)8-9-21(32)30(29,7)25(24)35/h18-25,34-35H,8-17H2,1-7H3/t18-,19?,20+,21?,22?,23+,24?,25+,29-,30-,31-,32+/m1/s1. The monoisotopic (exact) mass is 529 g/mol. The molecule has 0 aromatic rings. The minimum Gasteiger partial charge on any atom is -0.447 e. The molecule has 12 atom stereocenters. The lowest BCUT2D eigenvalue weighted by molar-refractivity contribution is -0.182. The topological polar surface area (TPSA) is 79.2 Å². The van der Waals surface area contributed by atoms with E-state index in [2.05, 4.69) is 48.5 Å². The number of aliphatic hydroxyl groups excluding tert-OH is 2. The van der Waals surface area contributed by atoms with Gasteiger partial charge in [-0.1, -0.05) is 34.6 Å². The molecule has 2 saturated heterocycles. The second kappa shape index (κ2) is 7.50. The molecule has 5 saturated carbocycles. The maximum atomic E-state index is 12.5. The zero-order valence-corrected chi connectivity index (χ0v) is 24.8. The summed E-state index contributed by atoms with van der Waals surface area (Å²) >= 11 is 0. The lowest BCUT2D eigenvalue weighted by Crippen LogP contribution is -2.59. The van der Waals surface area contributed by atoms with Crippen molar-refractivity contribution in [3.05, 3.63) is 0 Å². The van der Waals surface area contributed by atoms with Gasteiger partial charge in [0.25, 0.3) is 0 Å². The van der Waals surface area contributed by atoms with Gasteiger partial charge in [0.1, 0.15) is 6.61 Å². The highest BCUT2D eigenvalue weighted by Gasteiger charge is 2.84. The fraction of sp³-hybridized carbons (Fsp3) is 0.969. The van der Waals surface area contributed by atoms with Crippen molar-refractivity contribution in [3.63, 3.8) is 0 Å². The number of carbonyl (C=O) groups is 1. The first-order chi connectivity index (χ1) is 17.7. The first kappa shape index (κ1) is 26.1. The summed E-state index contributed by atoms with van der Waals surface area (Å²) in [6.45, 7) is 17.0. The number of cyclic esters (lactones) is 1. The van der Waals surface area contributed by atoms with Gasteiger partial charge in [-0.25, -0.2) is 4.79 Å². The van der Waals surface area contributed by atoms with Crippen LogP contribution in [0, 0.1) is 50.7 Å². The van der Waals surface area contributed by atoms with E-state index in [4.69, 9.17) is 9.47 Å². The van der Waals surface area contributed by atoms with Gasteiger partial charge in [-0.05, 0) is 111 Å². The van der Waals surface area contributed by atoms with Crippen LogP contribution >= 0.6 is 0 Å². The van der Waals surface area contributed by atoms with E-state index in [1.54, 1.807) is 0 Å². The molecule has 38 heavy (non-hydrogen) atoms. The summed E-state index contributed by atoms with van der Waals surface area (Å²) in [6, 6.07) is 0. The van der Waals surface area contributed by atoms with E-state index in [9.17, 15) is 15.0 Å². The van der Waals surface area contributed by atoms with Gasteiger partial charge in [0.05, 0.1) is 36.5 Å². The molecule has 0 bridgehead atoms. The molecule has 0 radical (unpaired) electrons. The maximum Gasteiger partial charge on any atom is 0.410 e. The van der Waals surface area contributed by atoms with E-state index >= 15 is 0 Å². The highest BCUT2D eigenvalue weighted by molar-refractivity contribution is 5.71. The third-order valence-corrected chi connectivity index (χ3v) is 14.7. The molecule has 7 fully saturated rings. The molecule has 5 aliphatic carbocycles. The highest BCUT2D eigenvalue weighted by Crippen LogP contribution is 2.89. The molecule has 1 amide bonds. The molecule has 2 heterocycles. The number of nitrogens with zero attached hydrogens (tertiary/aromatic N) is 1. The Morgan fingerprint density at radius 1 is 0.947 bits per heavy atom. The molecule has 4 unspecified atom stereocenters. The van der Waals surface area contributed by atoms with Gasteiger partial charge in [0.15, 0.2) is 0 Å². The van der Waals surface area contributed by atoms with E-state index in [-0.39, 0.29) is 46.2 Å². The van der Waals surface area contributed by atoms with E-state index in [0.29, 0.717) is 47.7 Å². The predicted molar refractivity (Wildman–Crippen MR) is 144 cm³/mol. The number of hydrogen-bond acceptors (Lipinski definition) is 5. The van der Waals surface area contributed by atoms with Crippen molar-refractivity contribution >= 4 is 6.09 Å². The van der Waals surface area contributed by atoms with Crippen molar-refractivity contribution < 1.29 is 24.5 Å². The van der Waals surface area contributed by atoms with Gasteiger partial charge in [-0.3, -0.25) is 4.90 Å². The third kappa shape index (κ3) is 2.79. The molecule has 0 aromatic carbocycles. The van der Waals surface area contributed by atoms with Gasteiger partial charge < -0.3 is 19.7 Å². The zero-order chi connectivity index (χ0) is 27.3. The van der Waals surface area contributed by atoms with Gasteiger partial charge in [-0.2, -0.15) is 0 Å². The quantitative estimate of drug-likeness (QED) is 0.501. The molecule has 6 nitrogen and oxygen atoms in total. The van der Waals surface area contributed by atoms with Gasteiger partial charge in [0, 0.05) is 5.41 Å². The van der Waals surface area contributed by atoms with Crippen LogP contribution in [0.5, 0.6) is 0 Å². The van der Waals surface area contributed by atoms with Crippen molar-refractivity contribution in [1.29, 1.82) is 0 Å². The van der Waals surface area contributed by atoms with Crippen LogP contribution in [-0.2, 0) is 9.47 Å². The number of aliphatic hydroxyl groups is 2. The molecule has 6 heteroatoms. The molecule has 2 aliphatic heterocycles. The minimum atomic E-state index is -0.486. The minimum absolute atomic E-state index is 0.0218. The number of fused-ring (bicyclic) bond motifs is 4. The first-order valence-electron chi connectivity index (χ1n) is 15.6. The normalized spacial score (nSPS) is 57.7. The largest absolute Gasteiger partial charge is 0.447 e. The Bertz CT molecular complexity index is 1040. The molecule has 2 spiro atoms. The van der Waals surface area contributed by atoms with Crippen LogP contribution < -0.4 is 0 Å². The van der Waals surface area contributed by atoms with Crippen molar-refractivity contribution in [2.75, 3.05) is 13.2 Å². The molecular formula is C32H51NO5. The fourth-order valence-electron chi connectivity index (χ4n) is 12.7. The number of ether oxygens (including phenoxy) is 2. The summed E-state index contributed by atoms with van der Waals surface area (Å²) in [5.41, 5.74) is 0.197. The Morgan fingerprint density at radius 3 is 2.32 bits per heavy atom. The Kier molecular flexibility index (Phi) is 5.15. The lowest BCUT2D eigenvalue weighted by Gasteiger charge is -2.63. The van der Waals surface area contributed by atoms with Crippen LogP contribution in [0.4, 0.5) is 4.79 Å². The van der Waals surface area contributed by atoms with Gasteiger partial charge in [0.2, 0.25) is 0 Å². The molecule has 7 rings (SSSR count). The number of amides is 1. The van der Waals surface area contributed by atoms with E-state index in [1.165, 1.54) is 25.7 Å². The maximum absolute atomic E-state index is 12.5. The molecule has 7 aliphatic rings. The van der Waals surface area contributed by atoms with Crippen LogP contribution in [0.25, 0.3) is 0 Å². The van der Waals surface area contributed by atoms with Crippen LogP contribution in [0.3, 0.4) is 0 Å². The van der Waals surface area contributed by atoms with Crippen molar-refractivity contribution in [2.24, 2.45) is 50.7 Å². The smallest absolute Gasteiger partial charge is 0.410 e. The Morgan fingerprint density at radius 2 is 1.63 bits per heavy atom. The van der Waals surface area contributed by atoms with E-state index in [1.807, 2.05) is 4.90 Å². The average molecular weight is 530 g/mol. The summed E-state index contributed by atoms with van der Waals surface area (Å²) in [6.07, 6.45) is 7.91. The second-order valence-electron chi connectivity index (χ2n) is 16.6.